The summed E-state index contributed by atoms with van der Waals surface area (Å²) in [5.41, 5.74) is 1.41. The second kappa shape index (κ2) is 4.83. The van der Waals surface area contributed by atoms with Crippen molar-refractivity contribution < 1.29 is 0 Å². The molecule has 0 radical (unpaired) electrons. The van der Waals surface area contributed by atoms with Crippen molar-refractivity contribution in [3.05, 3.63) is 16.1 Å². The molecule has 0 saturated carbocycles. The van der Waals surface area contributed by atoms with E-state index < -0.39 is 0 Å². The number of rotatable bonds is 2. The van der Waals surface area contributed by atoms with Crippen LogP contribution in [0.2, 0.25) is 0 Å². The summed E-state index contributed by atoms with van der Waals surface area (Å²) in [5, 5.41) is 7.04. The zero-order chi connectivity index (χ0) is 13.6. The van der Waals surface area contributed by atoms with Gasteiger partial charge in [-0.05, 0) is 31.8 Å². The van der Waals surface area contributed by atoms with Crippen LogP contribution in [0.25, 0.3) is 0 Å². The Hall–Kier alpha value is -0.450. The standard InChI is InChI=1S/C15H25N3S/c1-10-12-6-16-5-11(12)7-18(10)8-14-17-13(9-19-14)15(2,3)4/h9-12,16H,5-8H2,1-4H3. The molecule has 0 spiro atoms. The molecule has 0 aliphatic carbocycles. The van der Waals surface area contributed by atoms with Crippen LogP contribution in [0.4, 0.5) is 0 Å². The van der Waals surface area contributed by atoms with Crippen LogP contribution >= 0.6 is 11.3 Å². The van der Waals surface area contributed by atoms with E-state index in [1.165, 1.54) is 30.3 Å². The van der Waals surface area contributed by atoms with Gasteiger partial charge < -0.3 is 5.32 Å². The summed E-state index contributed by atoms with van der Waals surface area (Å²) in [6.45, 7) is 13.8. The van der Waals surface area contributed by atoms with Gasteiger partial charge in [0.2, 0.25) is 0 Å². The molecule has 2 fully saturated rings. The normalized spacial score (nSPS) is 31.9. The molecule has 4 heteroatoms. The first-order valence-corrected chi connectivity index (χ1v) is 8.23. The van der Waals surface area contributed by atoms with Crippen LogP contribution in [-0.4, -0.2) is 35.6 Å². The lowest BCUT2D eigenvalue weighted by Crippen LogP contribution is -2.32. The largest absolute Gasteiger partial charge is 0.316 e. The van der Waals surface area contributed by atoms with Crippen molar-refractivity contribution in [1.82, 2.24) is 15.2 Å². The van der Waals surface area contributed by atoms with Crippen molar-refractivity contribution in [2.75, 3.05) is 19.6 Å². The molecule has 106 valence electrons. The van der Waals surface area contributed by atoms with Gasteiger partial charge in [0.15, 0.2) is 0 Å². The fraction of sp³-hybridized carbons (Fsp3) is 0.800. The van der Waals surface area contributed by atoms with Gasteiger partial charge in [-0.3, -0.25) is 4.90 Å². The van der Waals surface area contributed by atoms with E-state index in [4.69, 9.17) is 4.98 Å². The fourth-order valence-corrected chi connectivity index (χ4v) is 4.41. The van der Waals surface area contributed by atoms with Crippen molar-refractivity contribution in [3.63, 3.8) is 0 Å². The Balaban J connectivity index is 1.67. The van der Waals surface area contributed by atoms with Gasteiger partial charge in [-0.1, -0.05) is 20.8 Å². The molecule has 0 aromatic carbocycles. The number of aromatic nitrogens is 1. The second-order valence-corrected chi connectivity index (χ2v) is 8.07. The number of fused-ring (bicyclic) bond motifs is 1. The molecule has 3 atom stereocenters. The first-order valence-electron chi connectivity index (χ1n) is 7.35. The van der Waals surface area contributed by atoms with E-state index in [0.29, 0.717) is 6.04 Å². The van der Waals surface area contributed by atoms with Crippen molar-refractivity contribution in [3.8, 4) is 0 Å². The minimum absolute atomic E-state index is 0.172. The zero-order valence-corrected chi connectivity index (χ0v) is 13.3. The molecular weight excluding hydrogens is 254 g/mol. The molecule has 1 N–H and O–H groups in total. The van der Waals surface area contributed by atoms with Crippen LogP contribution in [0.5, 0.6) is 0 Å². The second-order valence-electron chi connectivity index (χ2n) is 7.13. The molecule has 2 aliphatic rings. The predicted molar refractivity (Wildman–Crippen MR) is 80.5 cm³/mol. The molecule has 1 aromatic rings. The van der Waals surface area contributed by atoms with Crippen LogP contribution in [-0.2, 0) is 12.0 Å². The van der Waals surface area contributed by atoms with Crippen LogP contribution in [0, 0.1) is 11.8 Å². The minimum atomic E-state index is 0.172. The van der Waals surface area contributed by atoms with Crippen LogP contribution in [0.1, 0.15) is 38.4 Å². The third kappa shape index (κ3) is 2.58. The lowest BCUT2D eigenvalue weighted by atomic mass is 9.93. The highest BCUT2D eigenvalue weighted by atomic mass is 32.1. The quantitative estimate of drug-likeness (QED) is 0.901. The van der Waals surface area contributed by atoms with Gasteiger partial charge in [0.05, 0.1) is 12.2 Å². The summed E-state index contributed by atoms with van der Waals surface area (Å²) in [6.07, 6.45) is 0. The van der Waals surface area contributed by atoms with Crippen LogP contribution < -0.4 is 5.32 Å². The summed E-state index contributed by atoms with van der Waals surface area (Å²) in [7, 11) is 0. The van der Waals surface area contributed by atoms with E-state index >= 15 is 0 Å². The van der Waals surface area contributed by atoms with Crippen LogP contribution in [0.15, 0.2) is 5.38 Å². The molecule has 0 amide bonds. The maximum absolute atomic E-state index is 4.83. The van der Waals surface area contributed by atoms with Gasteiger partial charge in [0.1, 0.15) is 5.01 Å². The fourth-order valence-electron chi connectivity index (χ4n) is 3.37. The number of likely N-dealkylation sites (tertiary alicyclic amines) is 1. The Bertz CT molecular complexity index is 448. The van der Waals surface area contributed by atoms with E-state index in [9.17, 15) is 0 Å². The summed E-state index contributed by atoms with van der Waals surface area (Å²) in [4.78, 5) is 7.46. The highest BCUT2D eigenvalue weighted by molar-refractivity contribution is 7.09. The van der Waals surface area contributed by atoms with E-state index in [0.717, 1.165) is 18.4 Å². The maximum atomic E-state index is 4.83. The molecule has 3 rings (SSSR count). The van der Waals surface area contributed by atoms with Gasteiger partial charge in [0.25, 0.3) is 0 Å². The molecule has 1 aromatic heterocycles. The molecular formula is C15H25N3S. The Morgan fingerprint density at radius 2 is 2.21 bits per heavy atom. The molecule has 0 bridgehead atoms. The topological polar surface area (TPSA) is 28.2 Å². The van der Waals surface area contributed by atoms with Gasteiger partial charge in [-0.25, -0.2) is 4.98 Å². The predicted octanol–water partition coefficient (Wildman–Crippen LogP) is 2.48. The molecule has 3 heterocycles. The van der Waals surface area contributed by atoms with Crippen molar-refractivity contribution in [2.45, 2.75) is 45.7 Å². The average Bonchev–Trinajstić information content (AvgIpc) is 2.98. The number of nitrogens with zero attached hydrogens (tertiary/aromatic N) is 2. The van der Waals surface area contributed by atoms with Crippen molar-refractivity contribution in [2.24, 2.45) is 11.8 Å². The highest BCUT2D eigenvalue weighted by Crippen LogP contribution is 2.34. The molecule has 3 unspecified atom stereocenters. The van der Waals surface area contributed by atoms with E-state index in [1.807, 2.05) is 11.3 Å². The van der Waals surface area contributed by atoms with Crippen LogP contribution in [0.3, 0.4) is 0 Å². The Labute approximate surface area is 120 Å². The van der Waals surface area contributed by atoms with Gasteiger partial charge in [-0.15, -0.1) is 11.3 Å². The van der Waals surface area contributed by atoms with Gasteiger partial charge in [-0.2, -0.15) is 0 Å². The summed E-state index contributed by atoms with van der Waals surface area (Å²) in [6, 6.07) is 0.696. The Morgan fingerprint density at radius 1 is 1.42 bits per heavy atom. The zero-order valence-electron chi connectivity index (χ0n) is 12.4. The monoisotopic (exact) mass is 279 g/mol. The first kappa shape index (κ1) is 13.5. The summed E-state index contributed by atoms with van der Waals surface area (Å²) >= 11 is 1.82. The SMILES string of the molecule is CC1C2CNCC2CN1Cc1nc(C(C)(C)C)cs1. The third-order valence-electron chi connectivity index (χ3n) is 4.72. The van der Waals surface area contributed by atoms with E-state index in [1.54, 1.807) is 0 Å². The van der Waals surface area contributed by atoms with E-state index in [2.05, 4.69) is 43.3 Å². The van der Waals surface area contributed by atoms with E-state index in [-0.39, 0.29) is 5.41 Å². The third-order valence-corrected chi connectivity index (χ3v) is 5.55. The first-order chi connectivity index (χ1) is 8.95. The molecule has 19 heavy (non-hydrogen) atoms. The summed E-state index contributed by atoms with van der Waals surface area (Å²) in [5.74, 6) is 1.71. The smallest absolute Gasteiger partial charge is 0.107 e. The molecule has 3 nitrogen and oxygen atoms in total. The number of nitrogens with one attached hydrogen (secondary N) is 1. The highest BCUT2D eigenvalue weighted by Gasteiger charge is 2.41. The molecule has 2 aliphatic heterocycles. The lowest BCUT2D eigenvalue weighted by molar-refractivity contribution is 0.231. The molecule has 2 saturated heterocycles. The van der Waals surface area contributed by atoms with Crippen molar-refractivity contribution >= 4 is 11.3 Å². The van der Waals surface area contributed by atoms with Gasteiger partial charge >= 0.3 is 0 Å². The maximum Gasteiger partial charge on any atom is 0.107 e. The lowest BCUT2D eigenvalue weighted by Gasteiger charge is -2.23. The summed E-state index contributed by atoms with van der Waals surface area (Å²) < 4.78 is 0. The Morgan fingerprint density at radius 3 is 2.84 bits per heavy atom. The minimum Gasteiger partial charge on any atom is -0.316 e. The van der Waals surface area contributed by atoms with Gasteiger partial charge in [0, 0.05) is 23.4 Å². The average molecular weight is 279 g/mol. The number of hydrogen-bond donors (Lipinski definition) is 1. The van der Waals surface area contributed by atoms with Crippen molar-refractivity contribution in [1.29, 1.82) is 0 Å². The number of thiazole rings is 1. The Kier molecular flexibility index (Phi) is 3.44. The number of hydrogen-bond acceptors (Lipinski definition) is 4.